The van der Waals surface area contributed by atoms with Gasteiger partial charge in [-0.2, -0.15) is 15.8 Å². The van der Waals surface area contributed by atoms with Crippen LogP contribution in [0.5, 0.6) is 0 Å². The van der Waals surface area contributed by atoms with Crippen molar-refractivity contribution in [2.24, 2.45) is 0 Å². The lowest BCUT2D eigenvalue weighted by Crippen LogP contribution is -2.53. The molecule has 0 saturated carbocycles. The molecule has 2 aliphatic rings. The van der Waals surface area contributed by atoms with Gasteiger partial charge in [0.2, 0.25) is 0 Å². The van der Waals surface area contributed by atoms with Crippen LogP contribution in [0, 0.1) is 34.0 Å². The van der Waals surface area contributed by atoms with Crippen molar-refractivity contribution in [3.8, 4) is 18.2 Å². The van der Waals surface area contributed by atoms with Crippen LogP contribution in [-0.2, 0) is 4.65 Å². The fourth-order valence-corrected chi connectivity index (χ4v) is 4.02. The zero-order chi connectivity index (χ0) is 23.8. The third-order valence-electron chi connectivity index (χ3n) is 6.14. The first-order valence-electron chi connectivity index (χ1n) is 11.5. The summed E-state index contributed by atoms with van der Waals surface area (Å²) in [6, 6.07) is 3.31. The van der Waals surface area contributed by atoms with Crippen LogP contribution in [0.4, 0.5) is 0 Å². The van der Waals surface area contributed by atoms with Gasteiger partial charge in [-0.3, -0.25) is 0 Å². The molecule has 174 valence electrons. The lowest BCUT2D eigenvalue weighted by atomic mass is 10.1. The lowest BCUT2D eigenvalue weighted by Gasteiger charge is -2.29. The zero-order valence-electron chi connectivity index (χ0n) is 19.9. The van der Waals surface area contributed by atoms with E-state index in [2.05, 4.69) is 32.6 Å². The number of likely N-dealkylation sites (tertiary alicyclic amines) is 2. The molecule has 0 bridgehead atoms. The standard InChI is InChI=1S/2C9H20N.C4BN3O3/c2*1-3-4-7-10(2)8-5-6-9-10;6-1-4(2-7,3-8)11-5(9)10/h2*3-9H2,1-2H3;/q2*+1;-2. The van der Waals surface area contributed by atoms with Crippen LogP contribution in [0.15, 0.2) is 0 Å². The van der Waals surface area contributed by atoms with Gasteiger partial charge in [-0.1, -0.05) is 26.7 Å². The third-order valence-corrected chi connectivity index (χ3v) is 6.14. The van der Waals surface area contributed by atoms with Crippen LogP contribution in [-0.4, -0.2) is 75.3 Å². The molecule has 0 aliphatic carbocycles. The van der Waals surface area contributed by atoms with Crippen molar-refractivity contribution in [2.45, 2.75) is 70.8 Å². The molecule has 0 atom stereocenters. The second-order valence-electron chi connectivity index (χ2n) is 9.13. The summed E-state index contributed by atoms with van der Waals surface area (Å²) in [5.74, 6) is 0. The Morgan fingerprint density at radius 3 is 1.29 bits per heavy atom. The number of nitrogens with zero attached hydrogens (tertiary/aromatic N) is 5. The van der Waals surface area contributed by atoms with E-state index < -0.39 is 12.9 Å². The van der Waals surface area contributed by atoms with E-state index in [1.165, 1.54) is 99.6 Å². The summed E-state index contributed by atoms with van der Waals surface area (Å²) < 4.78 is 6.40. The number of nitriles is 3. The van der Waals surface area contributed by atoms with Gasteiger partial charge in [-0.25, -0.2) is 0 Å². The second-order valence-corrected chi connectivity index (χ2v) is 9.13. The molecule has 2 fully saturated rings. The summed E-state index contributed by atoms with van der Waals surface area (Å²) in [6.45, 7) is 13.1. The van der Waals surface area contributed by atoms with Gasteiger partial charge in [0.05, 0.1) is 60.7 Å². The molecule has 0 aromatic carbocycles. The highest BCUT2D eigenvalue weighted by molar-refractivity contribution is 6.28. The van der Waals surface area contributed by atoms with Gasteiger partial charge in [0, 0.05) is 25.7 Å². The van der Waals surface area contributed by atoms with Crippen LogP contribution in [0.2, 0.25) is 0 Å². The SMILES string of the molecule is CCCC[N+]1(C)CCCC1.CCCC[N+]1(C)CCCC1.N#CC(C#N)(C#N)OB([O-])[O-]. The molecular formula is C22H40BN5O3. The van der Waals surface area contributed by atoms with Gasteiger partial charge >= 0.3 is 5.60 Å². The highest BCUT2D eigenvalue weighted by Gasteiger charge is 2.29. The highest BCUT2D eigenvalue weighted by Crippen LogP contribution is 2.17. The fourth-order valence-electron chi connectivity index (χ4n) is 4.02. The molecule has 2 rings (SSSR count). The Morgan fingerprint density at radius 2 is 1.10 bits per heavy atom. The summed E-state index contributed by atoms with van der Waals surface area (Å²) in [4.78, 5) is 0. The maximum atomic E-state index is 9.79. The van der Waals surface area contributed by atoms with Crippen molar-refractivity contribution in [1.82, 2.24) is 0 Å². The maximum Gasteiger partial charge on any atom is 0.313 e. The molecule has 31 heavy (non-hydrogen) atoms. The number of quaternary nitrogens is 2. The molecular weight excluding hydrogens is 393 g/mol. The Balaban J connectivity index is 0.000000436. The first-order valence-corrected chi connectivity index (χ1v) is 11.5. The number of rotatable bonds is 8. The van der Waals surface area contributed by atoms with Crippen molar-refractivity contribution in [3.63, 3.8) is 0 Å². The van der Waals surface area contributed by atoms with Crippen molar-refractivity contribution in [3.05, 3.63) is 0 Å². The molecule has 0 radical (unpaired) electrons. The van der Waals surface area contributed by atoms with Gasteiger partial charge in [0.15, 0.2) is 0 Å². The summed E-state index contributed by atoms with van der Waals surface area (Å²) in [7, 11) is 2.00. The van der Waals surface area contributed by atoms with Crippen LogP contribution in [0.3, 0.4) is 0 Å². The first-order chi connectivity index (χ1) is 14.6. The Labute approximate surface area is 189 Å². The van der Waals surface area contributed by atoms with Crippen LogP contribution in [0.25, 0.3) is 0 Å². The van der Waals surface area contributed by atoms with E-state index >= 15 is 0 Å². The van der Waals surface area contributed by atoms with E-state index in [-0.39, 0.29) is 0 Å². The quantitative estimate of drug-likeness (QED) is 0.416. The average molecular weight is 433 g/mol. The summed E-state index contributed by atoms with van der Waals surface area (Å²) >= 11 is 0. The van der Waals surface area contributed by atoms with Gasteiger partial charge in [0.25, 0.3) is 0 Å². The molecule has 8 nitrogen and oxygen atoms in total. The fraction of sp³-hybridized carbons (Fsp3) is 0.864. The smallest absolute Gasteiger partial charge is 0.313 e. The van der Waals surface area contributed by atoms with E-state index in [1.807, 2.05) is 0 Å². The van der Waals surface area contributed by atoms with Crippen molar-refractivity contribution in [2.75, 3.05) is 53.4 Å². The highest BCUT2D eigenvalue weighted by atomic mass is 16.6. The third kappa shape index (κ3) is 12.1. The van der Waals surface area contributed by atoms with Gasteiger partial charge in [-0.05, 0) is 12.8 Å². The monoisotopic (exact) mass is 433 g/mol. The minimum Gasteiger partial charge on any atom is -0.871 e. The second kappa shape index (κ2) is 15.2. The van der Waals surface area contributed by atoms with E-state index in [0.29, 0.717) is 0 Å². The predicted molar refractivity (Wildman–Crippen MR) is 116 cm³/mol. The van der Waals surface area contributed by atoms with Crippen molar-refractivity contribution < 1.29 is 23.7 Å². The zero-order valence-corrected chi connectivity index (χ0v) is 19.9. The molecule has 0 aromatic heterocycles. The van der Waals surface area contributed by atoms with E-state index in [1.54, 1.807) is 0 Å². The van der Waals surface area contributed by atoms with Gasteiger partial charge < -0.3 is 23.7 Å². The maximum absolute atomic E-state index is 9.79. The molecule has 9 heteroatoms. The number of unbranched alkanes of at least 4 members (excludes halogenated alkanes) is 2. The summed E-state index contributed by atoms with van der Waals surface area (Å²) in [5, 5.41) is 44.0. The molecule has 2 heterocycles. The van der Waals surface area contributed by atoms with E-state index in [4.69, 9.17) is 15.8 Å². The largest absolute Gasteiger partial charge is 0.871 e. The van der Waals surface area contributed by atoms with E-state index in [0.717, 1.165) is 18.2 Å². The minimum atomic E-state index is -2.81. The molecule has 2 aliphatic heterocycles. The molecule has 0 amide bonds. The average Bonchev–Trinajstić information content (AvgIpc) is 3.39. The van der Waals surface area contributed by atoms with Crippen molar-refractivity contribution in [1.29, 1.82) is 15.8 Å². The molecule has 0 N–H and O–H groups in total. The normalized spacial score (nSPS) is 18.3. The summed E-state index contributed by atoms with van der Waals surface area (Å²) in [5.41, 5.74) is -2.56. The Kier molecular flexibility index (Phi) is 14.4. The van der Waals surface area contributed by atoms with Crippen molar-refractivity contribution >= 4 is 7.32 Å². The van der Waals surface area contributed by atoms with E-state index in [9.17, 15) is 10.0 Å². The van der Waals surface area contributed by atoms with Gasteiger partial charge in [0.1, 0.15) is 18.2 Å². The number of hydrogen-bond acceptors (Lipinski definition) is 6. The molecule has 0 spiro atoms. The van der Waals surface area contributed by atoms with Gasteiger partial charge in [-0.15, -0.1) is 0 Å². The Bertz CT molecular complexity index is 550. The Morgan fingerprint density at radius 1 is 0.774 bits per heavy atom. The predicted octanol–water partition coefficient (Wildman–Crippen LogP) is 1.07. The molecule has 0 aromatic rings. The van der Waals surface area contributed by atoms with Crippen LogP contribution in [0.1, 0.15) is 65.2 Å². The molecule has 2 saturated heterocycles. The Hall–Kier alpha value is -1.67. The lowest BCUT2D eigenvalue weighted by molar-refractivity contribution is -0.897. The first kappa shape index (κ1) is 29.3. The minimum absolute atomic E-state index is 1.10. The van der Waals surface area contributed by atoms with Crippen LogP contribution >= 0.6 is 0 Å². The summed E-state index contributed by atoms with van der Waals surface area (Å²) in [6.07, 6.45) is 11.4. The number of hydrogen-bond donors (Lipinski definition) is 0. The van der Waals surface area contributed by atoms with Crippen LogP contribution < -0.4 is 10.0 Å². The topological polar surface area (TPSA) is 127 Å². The molecule has 0 unspecified atom stereocenters.